The molecule has 6 aromatic rings. The molecule has 8 heteroatoms. The Morgan fingerprint density at radius 2 is 0.843 bits per heavy atom. The Morgan fingerprint density at radius 1 is 0.529 bits per heavy atom. The van der Waals surface area contributed by atoms with Crippen molar-refractivity contribution in [3.8, 4) is 11.5 Å². The molecule has 2 N–H and O–H groups in total. The Bertz CT molecular complexity index is 1860. The molecule has 0 spiro atoms. The topological polar surface area (TPSA) is 83.8 Å². The van der Waals surface area contributed by atoms with Crippen LogP contribution in [0.2, 0.25) is 0 Å². The van der Waals surface area contributed by atoms with Crippen LogP contribution in [0.5, 0.6) is 11.5 Å². The predicted molar refractivity (Wildman–Crippen MR) is 202 cm³/mol. The Hall–Kier alpha value is -4.89. The van der Waals surface area contributed by atoms with Gasteiger partial charge in [0.25, 0.3) is 0 Å². The van der Waals surface area contributed by atoms with E-state index in [2.05, 4.69) is 101 Å². The van der Waals surface area contributed by atoms with E-state index in [0.717, 1.165) is 61.9 Å². The molecule has 0 radical (unpaired) electrons. The summed E-state index contributed by atoms with van der Waals surface area (Å²) in [4.78, 5) is 10.5. The van der Waals surface area contributed by atoms with Crippen LogP contribution in [0.3, 0.4) is 0 Å². The minimum absolute atomic E-state index is 0. The maximum atomic E-state index is 10.3. The number of carbonyl (C=O) groups excluding carboxylic acids is 1. The molecule has 0 aromatic heterocycles. The van der Waals surface area contributed by atoms with E-state index in [1.165, 1.54) is 36.0 Å². The van der Waals surface area contributed by atoms with Gasteiger partial charge >= 0.3 is 0 Å². The average molecular weight is 753 g/mol. The number of hydrogen-bond donors (Lipinski definition) is 2. The first-order valence-corrected chi connectivity index (χ1v) is 16.7. The van der Waals surface area contributed by atoms with E-state index in [1.807, 2.05) is 48.5 Å². The lowest BCUT2D eigenvalue weighted by Gasteiger charge is -2.30. The number of quaternary nitrogens is 2. The van der Waals surface area contributed by atoms with E-state index in [0.29, 0.717) is 11.5 Å². The number of nitrogens with zero attached hydrogens (tertiary/aromatic N) is 3. The smallest absolute Gasteiger partial charge is 0.136 e. The Kier molecular flexibility index (Phi) is 14.6. The zero-order chi connectivity index (χ0) is 36.3. The quantitative estimate of drug-likeness (QED) is 0.224. The molecular formula is C43H50BrN3O4. The molecule has 0 aliphatic heterocycles. The summed E-state index contributed by atoms with van der Waals surface area (Å²) in [7, 11) is 11.6. The van der Waals surface area contributed by atoms with Crippen molar-refractivity contribution < 1.29 is 46.1 Å². The van der Waals surface area contributed by atoms with E-state index in [9.17, 15) is 20.1 Å². The highest BCUT2D eigenvalue weighted by Crippen LogP contribution is 2.31. The van der Waals surface area contributed by atoms with E-state index in [4.69, 9.17) is 0 Å². The summed E-state index contributed by atoms with van der Waals surface area (Å²) in [5.41, 5.74) is 4.68. The van der Waals surface area contributed by atoms with Gasteiger partial charge in [0.05, 0.1) is 39.3 Å². The molecule has 6 rings (SSSR count). The SMILES string of the molecule is CN(C)C(=O)[O-].C[N+](C)(Cc1ccccc1)Cc1c(O)ccc2ccccc12.C[N+](C)(Cc1ccccc1)Cc1c(O)ccc2ccccc12.[Br-]. The summed E-state index contributed by atoms with van der Waals surface area (Å²) in [6.45, 7) is 3.46. The second-order valence-electron chi connectivity index (χ2n) is 14.2. The third kappa shape index (κ3) is 12.1. The summed E-state index contributed by atoms with van der Waals surface area (Å²) in [6.07, 6.45) is -1.16. The van der Waals surface area contributed by atoms with Crippen LogP contribution < -0.4 is 22.1 Å². The average Bonchev–Trinajstić information content (AvgIpc) is 3.08. The first-order valence-electron chi connectivity index (χ1n) is 16.7. The molecule has 6 aromatic carbocycles. The standard InChI is InChI=1S/2C20H21NO.C3H7NO2.BrH/c2*1-21(2,14-16-8-4-3-5-9-16)15-19-18-11-7-6-10-17(18)12-13-20(19)22;1-4(2)3(5)6;/h2*3-13H,14-15H2,1-2H3;1-2H3,(H,5,6);1H. The molecule has 0 atom stereocenters. The van der Waals surface area contributed by atoms with Crippen molar-refractivity contribution in [2.24, 2.45) is 0 Å². The van der Waals surface area contributed by atoms with Crippen LogP contribution >= 0.6 is 0 Å². The summed E-state index contributed by atoms with van der Waals surface area (Å²) in [5.74, 6) is 0.774. The third-order valence-corrected chi connectivity index (χ3v) is 8.48. The minimum atomic E-state index is -1.16. The number of amides is 1. The number of carboxylic acid groups (broad SMARTS) is 1. The van der Waals surface area contributed by atoms with Crippen molar-refractivity contribution >= 4 is 27.6 Å². The summed E-state index contributed by atoms with van der Waals surface area (Å²) >= 11 is 0. The monoisotopic (exact) mass is 751 g/mol. The molecule has 51 heavy (non-hydrogen) atoms. The van der Waals surface area contributed by atoms with Gasteiger partial charge < -0.3 is 51.0 Å². The van der Waals surface area contributed by atoms with Gasteiger partial charge in [-0.25, -0.2) is 0 Å². The fraction of sp³-hybridized carbons (Fsp3) is 0.233. The van der Waals surface area contributed by atoms with Gasteiger partial charge in [0.1, 0.15) is 43.8 Å². The number of phenolic OH excluding ortho intramolecular Hbond substituents is 2. The molecule has 0 saturated heterocycles. The third-order valence-electron chi connectivity index (χ3n) is 8.48. The Balaban J connectivity index is 0.000000234. The minimum Gasteiger partial charge on any atom is -1.00 e. The van der Waals surface area contributed by atoms with Crippen molar-refractivity contribution in [2.75, 3.05) is 42.3 Å². The maximum absolute atomic E-state index is 10.3. The van der Waals surface area contributed by atoms with Crippen molar-refractivity contribution in [1.82, 2.24) is 4.90 Å². The molecule has 1 amide bonds. The second-order valence-corrected chi connectivity index (χ2v) is 14.2. The van der Waals surface area contributed by atoms with Crippen molar-refractivity contribution in [3.05, 3.63) is 156 Å². The van der Waals surface area contributed by atoms with E-state index in [1.54, 1.807) is 12.1 Å². The molecule has 0 unspecified atom stereocenters. The number of phenols is 2. The highest BCUT2D eigenvalue weighted by atomic mass is 79.9. The number of rotatable bonds is 8. The molecular weight excluding hydrogens is 702 g/mol. The Labute approximate surface area is 313 Å². The van der Waals surface area contributed by atoms with Gasteiger partial charge in [0, 0.05) is 25.2 Å². The largest absolute Gasteiger partial charge is 1.00 e. The number of fused-ring (bicyclic) bond motifs is 2. The molecule has 7 nitrogen and oxygen atoms in total. The normalized spacial score (nSPS) is 11.0. The van der Waals surface area contributed by atoms with Gasteiger partial charge in [-0.1, -0.05) is 121 Å². The van der Waals surface area contributed by atoms with Crippen molar-refractivity contribution in [2.45, 2.75) is 26.2 Å². The highest BCUT2D eigenvalue weighted by molar-refractivity contribution is 5.88. The van der Waals surface area contributed by atoms with Crippen molar-refractivity contribution in [1.29, 1.82) is 0 Å². The zero-order valence-corrected chi connectivity index (χ0v) is 32.0. The number of aromatic hydroxyl groups is 2. The second kappa shape index (κ2) is 18.4. The molecule has 0 aliphatic carbocycles. The van der Waals surface area contributed by atoms with Crippen molar-refractivity contribution in [3.63, 3.8) is 0 Å². The summed E-state index contributed by atoms with van der Waals surface area (Å²) in [5, 5.41) is 34.8. The van der Waals surface area contributed by atoms with Gasteiger partial charge in [0.2, 0.25) is 0 Å². The van der Waals surface area contributed by atoms with E-state index in [-0.39, 0.29) is 17.0 Å². The molecule has 268 valence electrons. The van der Waals surface area contributed by atoms with Crippen LogP contribution in [-0.4, -0.2) is 72.5 Å². The van der Waals surface area contributed by atoms with E-state index >= 15 is 0 Å². The van der Waals surface area contributed by atoms with Crippen LogP contribution in [0.15, 0.2) is 133 Å². The van der Waals surface area contributed by atoms with Crippen LogP contribution in [0, 0.1) is 0 Å². The number of carbonyl (C=O) groups is 1. The van der Waals surface area contributed by atoms with Crippen LogP contribution in [0.1, 0.15) is 22.3 Å². The molecule has 0 saturated carbocycles. The zero-order valence-electron chi connectivity index (χ0n) is 30.5. The highest BCUT2D eigenvalue weighted by Gasteiger charge is 2.22. The van der Waals surface area contributed by atoms with Crippen LogP contribution in [0.4, 0.5) is 4.79 Å². The lowest BCUT2D eigenvalue weighted by atomic mass is 10.0. The first-order chi connectivity index (χ1) is 23.7. The van der Waals surface area contributed by atoms with Gasteiger partial charge in [-0.15, -0.1) is 0 Å². The molecule has 0 aliphatic rings. The number of benzene rings is 6. The summed E-state index contributed by atoms with van der Waals surface area (Å²) < 4.78 is 1.59. The predicted octanol–water partition coefficient (Wildman–Crippen LogP) is 4.54. The fourth-order valence-corrected chi connectivity index (χ4v) is 6.10. The lowest BCUT2D eigenvalue weighted by molar-refractivity contribution is -0.916. The lowest BCUT2D eigenvalue weighted by Crippen LogP contribution is -3.00. The molecule has 0 bridgehead atoms. The number of halogens is 1. The van der Waals surface area contributed by atoms with Crippen LogP contribution in [-0.2, 0) is 26.2 Å². The van der Waals surface area contributed by atoms with Gasteiger partial charge in [-0.05, 0) is 33.7 Å². The van der Waals surface area contributed by atoms with Crippen LogP contribution in [0.25, 0.3) is 21.5 Å². The Morgan fingerprint density at radius 3 is 1.18 bits per heavy atom. The van der Waals surface area contributed by atoms with Gasteiger partial charge in [-0.2, -0.15) is 0 Å². The van der Waals surface area contributed by atoms with E-state index < -0.39 is 6.09 Å². The fourth-order valence-electron chi connectivity index (χ4n) is 6.10. The van der Waals surface area contributed by atoms with Gasteiger partial charge in [-0.3, -0.25) is 0 Å². The number of hydrogen-bond acceptors (Lipinski definition) is 4. The molecule has 0 heterocycles. The molecule has 0 fully saturated rings. The summed E-state index contributed by atoms with van der Waals surface area (Å²) in [6, 6.07) is 45.1. The maximum Gasteiger partial charge on any atom is 0.136 e. The van der Waals surface area contributed by atoms with Gasteiger partial charge in [0.15, 0.2) is 0 Å². The first kappa shape index (κ1) is 40.5.